The first-order valence-corrected chi connectivity index (χ1v) is 10.3. The Balaban J connectivity index is 1.87. The average molecular weight is 429 g/mol. The van der Waals surface area contributed by atoms with E-state index >= 15 is 0 Å². The molecule has 2 aromatic carbocycles. The Morgan fingerprint density at radius 2 is 1.77 bits per heavy atom. The zero-order chi connectivity index (χ0) is 21.8. The fraction of sp³-hybridized carbons (Fsp3) is 0.333. The third kappa shape index (κ3) is 5.03. The first kappa shape index (κ1) is 21.9. The van der Waals surface area contributed by atoms with E-state index in [0.29, 0.717) is 35.1 Å². The van der Waals surface area contributed by atoms with Gasteiger partial charge in [0.1, 0.15) is 17.9 Å². The summed E-state index contributed by atoms with van der Waals surface area (Å²) in [6.07, 6.45) is 0.376. The Bertz CT molecular complexity index is 1130. The van der Waals surface area contributed by atoms with Crippen LogP contribution in [0.1, 0.15) is 41.2 Å². The van der Waals surface area contributed by atoms with E-state index in [1.807, 2.05) is 20.8 Å². The summed E-state index contributed by atoms with van der Waals surface area (Å²) in [6.45, 7) is 8.31. The predicted octanol–water partition coefficient (Wildman–Crippen LogP) is 5.45. The molecule has 0 atom stereocenters. The highest BCUT2D eigenvalue weighted by Crippen LogP contribution is 2.32. The van der Waals surface area contributed by atoms with Crippen LogP contribution < -0.4 is 10.4 Å². The molecule has 0 aliphatic carbocycles. The number of fused-ring (bicyclic) bond motifs is 1. The number of hydrogen-bond acceptors (Lipinski definition) is 5. The molecular formula is C24H25ClO5. The zero-order valence-corrected chi connectivity index (χ0v) is 18.4. The minimum absolute atomic E-state index is 0.121. The summed E-state index contributed by atoms with van der Waals surface area (Å²) in [5.74, 6) is 0.106. The van der Waals surface area contributed by atoms with Crippen molar-refractivity contribution in [2.75, 3.05) is 6.61 Å². The molecule has 0 amide bonds. The van der Waals surface area contributed by atoms with Crippen LogP contribution in [0.15, 0.2) is 39.5 Å². The standard InChI is InChI=1S/C24H25ClO5/c1-5-28-23(26)7-6-18-16(4)19-11-20(25)22(12-21(19)30-24(18)27)29-13-17-9-14(2)8-15(3)10-17/h8-12H,5-7,13H2,1-4H3. The Hall–Kier alpha value is -2.79. The fourth-order valence-corrected chi connectivity index (χ4v) is 3.78. The van der Waals surface area contributed by atoms with Crippen LogP contribution in [-0.4, -0.2) is 12.6 Å². The van der Waals surface area contributed by atoms with Crippen LogP contribution in [0, 0.1) is 20.8 Å². The van der Waals surface area contributed by atoms with Crippen molar-refractivity contribution < 1.29 is 18.7 Å². The highest BCUT2D eigenvalue weighted by Gasteiger charge is 2.16. The van der Waals surface area contributed by atoms with E-state index in [4.69, 9.17) is 25.5 Å². The lowest BCUT2D eigenvalue weighted by Crippen LogP contribution is -2.13. The number of carbonyl (C=O) groups is 1. The normalized spacial score (nSPS) is 11.0. The van der Waals surface area contributed by atoms with Gasteiger partial charge in [-0.25, -0.2) is 4.79 Å². The monoisotopic (exact) mass is 428 g/mol. The predicted molar refractivity (Wildman–Crippen MR) is 117 cm³/mol. The summed E-state index contributed by atoms with van der Waals surface area (Å²) in [5.41, 5.74) is 4.49. The van der Waals surface area contributed by atoms with Crippen molar-refractivity contribution in [3.63, 3.8) is 0 Å². The van der Waals surface area contributed by atoms with Crippen molar-refractivity contribution >= 4 is 28.5 Å². The highest BCUT2D eigenvalue weighted by molar-refractivity contribution is 6.32. The minimum Gasteiger partial charge on any atom is -0.487 e. The molecule has 0 spiro atoms. The lowest BCUT2D eigenvalue weighted by Gasteiger charge is -2.12. The molecular weight excluding hydrogens is 404 g/mol. The van der Waals surface area contributed by atoms with Crippen LogP contribution >= 0.6 is 11.6 Å². The summed E-state index contributed by atoms with van der Waals surface area (Å²) < 4.78 is 16.3. The number of aryl methyl sites for hydroxylation is 3. The van der Waals surface area contributed by atoms with Gasteiger partial charge in [0.2, 0.25) is 0 Å². The third-order valence-electron chi connectivity index (χ3n) is 4.90. The molecule has 0 unspecified atom stereocenters. The average Bonchev–Trinajstić information content (AvgIpc) is 2.66. The molecule has 0 radical (unpaired) electrons. The second kappa shape index (κ2) is 9.35. The number of esters is 1. The van der Waals surface area contributed by atoms with Crippen LogP contribution in [0.2, 0.25) is 5.02 Å². The smallest absolute Gasteiger partial charge is 0.339 e. The molecule has 0 fully saturated rings. The van der Waals surface area contributed by atoms with Gasteiger partial charge in [-0.2, -0.15) is 0 Å². The van der Waals surface area contributed by atoms with Gasteiger partial charge in [-0.1, -0.05) is 40.9 Å². The lowest BCUT2D eigenvalue weighted by molar-refractivity contribution is -0.143. The maximum Gasteiger partial charge on any atom is 0.339 e. The van der Waals surface area contributed by atoms with Crippen LogP contribution in [0.4, 0.5) is 0 Å². The van der Waals surface area contributed by atoms with E-state index in [1.165, 1.54) is 0 Å². The number of rotatable bonds is 7. The summed E-state index contributed by atoms with van der Waals surface area (Å²) in [6, 6.07) is 9.59. The fourth-order valence-electron chi connectivity index (χ4n) is 3.56. The van der Waals surface area contributed by atoms with Crippen LogP contribution in [-0.2, 0) is 22.6 Å². The topological polar surface area (TPSA) is 65.7 Å². The lowest BCUT2D eigenvalue weighted by atomic mass is 10.0. The van der Waals surface area contributed by atoms with Gasteiger partial charge >= 0.3 is 11.6 Å². The van der Waals surface area contributed by atoms with Crippen molar-refractivity contribution in [1.82, 2.24) is 0 Å². The Morgan fingerprint density at radius 3 is 2.43 bits per heavy atom. The highest BCUT2D eigenvalue weighted by atomic mass is 35.5. The summed E-state index contributed by atoms with van der Waals surface area (Å²) >= 11 is 6.45. The number of halogens is 1. The van der Waals surface area contributed by atoms with Gasteiger partial charge < -0.3 is 13.9 Å². The van der Waals surface area contributed by atoms with Gasteiger partial charge in [-0.15, -0.1) is 0 Å². The number of ether oxygens (including phenoxy) is 2. The molecule has 1 aromatic heterocycles. The van der Waals surface area contributed by atoms with Gasteiger partial charge in [0.15, 0.2) is 0 Å². The first-order chi connectivity index (χ1) is 14.3. The maximum atomic E-state index is 12.5. The Labute approximate surface area is 180 Å². The quantitative estimate of drug-likeness (QED) is 0.370. The molecule has 0 aliphatic heterocycles. The maximum absolute atomic E-state index is 12.5. The van der Waals surface area contributed by atoms with Gasteiger partial charge in [0.25, 0.3) is 0 Å². The molecule has 0 saturated heterocycles. The van der Waals surface area contributed by atoms with Crippen LogP contribution in [0.3, 0.4) is 0 Å². The summed E-state index contributed by atoms with van der Waals surface area (Å²) in [5, 5.41) is 1.15. The molecule has 30 heavy (non-hydrogen) atoms. The van der Waals surface area contributed by atoms with E-state index in [1.54, 1.807) is 19.1 Å². The van der Waals surface area contributed by atoms with E-state index in [0.717, 1.165) is 27.6 Å². The molecule has 3 rings (SSSR count). The number of carbonyl (C=O) groups excluding carboxylic acids is 1. The van der Waals surface area contributed by atoms with E-state index < -0.39 is 5.63 Å². The molecule has 5 nitrogen and oxygen atoms in total. The van der Waals surface area contributed by atoms with Crippen molar-refractivity contribution in [2.45, 2.75) is 47.1 Å². The molecule has 0 N–H and O–H groups in total. The van der Waals surface area contributed by atoms with E-state index in [9.17, 15) is 9.59 Å². The number of hydrogen-bond donors (Lipinski definition) is 0. The molecule has 0 saturated carbocycles. The SMILES string of the molecule is CCOC(=O)CCc1c(C)c2cc(Cl)c(OCc3cc(C)cc(C)c3)cc2oc1=O. The molecule has 6 heteroatoms. The van der Waals surface area contributed by atoms with Crippen molar-refractivity contribution in [3.8, 4) is 5.75 Å². The van der Waals surface area contributed by atoms with Crippen molar-refractivity contribution in [2.24, 2.45) is 0 Å². The summed E-state index contributed by atoms with van der Waals surface area (Å²) in [7, 11) is 0. The first-order valence-electron chi connectivity index (χ1n) is 9.90. The summed E-state index contributed by atoms with van der Waals surface area (Å²) in [4.78, 5) is 24.1. The second-order valence-corrected chi connectivity index (χ2v) is 7.77. The minimum atomic E-state index is -0.466. The van der Waals surface area contributed by atoms with Crippen LogP contribution in [0.5, 0.6) is 5.75 Å². The second-order valence-electron chi connectivity index (χ2n) is 7.36. The van der Waals surface area contributed by atoms with Gasteiger partial charge in [0, 0.05) is 23.4 Å². The van der Waals surface area contributed by atoms with Crippen molar-refractivity contribution in [1.29, 1.82) is 0 Å². The van der Waals surface area contributed by atoms with Gasteiger partial charge in [0.05, 0.1) is 11.6 Å². The van der Waals surface area contributed by atoms with Crippen LogP contribution in [0.25, 0.3) is 11.0 Å². The molecule has 1 heterocycles. The molecule has 0 aliphatic rings. The Kier molecular flexibility index (Phi) is 6.83. The zero-order valence-electron chi connectivity index (χ0n) is 17.6. The van der Waals surface area contributed by atoms with Crippen molar-refractivity contribution in [3.05, 3.63) is 73.6 Å². The molecule has 158 valence electrons. The van der Waals surface area contributed by atoms with Gasteiger partial charge in [-0.05, 0) is 51.3 Å². The van der Waals surface area contributed by atoms with Gasteiger partial charge in [-0.3, -0.25) is 4.79 Å². The van der Waals surface area contributed by atoms with E-state index in [-0.39, 0.29) is 18.8 Å². The third-order valence-corrected chi connectivity index (χ3v) is 5.20. The largest absolute Gasteiger partial charge is 0.487 e. The number of benzene rings is 2. The molecule has 3 aromatic rings. The van der Waals surface area contributed by atoms with E-state index in [2.05, 4.69) is 18.2 Å². The molecule has 0 bridgehead atoms. The Morgan fingerprint density at radius 1 is 1.07 bits per heavy atom.